The van der Waals surface area contributed by atoms with Crippen LogP contribution in [0.15, 0.2) is 23.3 Å². The van der Waals surface area contributed by atoms with Crippen molar-refractivity contribution in [1.82, 2.24) is 0 Å². The van der Waals surface area contributed by atoms with Crippen LogP contribution in [0, 0.1) is 34.5 Å². The van der Waals surface area contributed by atoms with Gasteiger partial charge in [-0.3, -0.25) is 0 Å². The molecule has 1 heterocycles. The fourth-order valence-electron chi connectivity index (χ4n) is 8.73. The molecule has 1 spiro atoms. The first-order chi connectivity index (χ1) is 14.5. The molecular formula is C28H44O3. The standard InChI is InChI=1S/C28H44O3/c1-16(2)17(3)7-8-18(4)20-9-10-21-23-22(12-13-26(20,21)5)27(6)14-11-19(29)15-28(27)25(31-28)24(23)30/h16,18-21,24-25,29-30H,3,7-15H2,1-2,4-6H3/t18-,19+,20-,21?,24+,25+,26-,27-,28+/m1/s1. The Morgan fingerprint density at radius 1 is 1.13 bits per heavy atom. The van der Waals surface area contributed by atoms with Crippen molar-refractivity contribution >= 4 is 0 Å². The molecular weight excluding hydrogens is 384 g/mol. The van der Waals surface area contributed by atoms with Gasteiger partial charge < -0.3 is 14.9 Å². The van der Waals surface area contributed by atoms with E-state index in [1.807, 2.05) is 0 Å². The highest BCUT2D eigenvalue weighted by atomic mass is 16.6. The molecule has 5 aliphatic rings. The van der Waals surface area contributed by atoms with E-state index in [1.165, 1.54) is 42.4 Å². The van der Waals surface area contributed by atoms with Gasteiger partial charge in [0, 0.05) is 11.8 Å². The first-order valence-corrected chi connectivity index (χ1v) is 13.0. The number of allylic oxidation sites excluding steroid dienone is 1. The topological polar surface area (TPSA) is 53.0 Å². The highest BCUT2D eigenvalue weighted by molar-refractivity contribution is 5.45. The molecule has 174 valence electrons. The van der Waals surface area contributed by atoms with Gasteiger partial charge in [0.15, 0.2) is 0 Å². The molecule has 3 fully saturated rings. The molecule has 9 atom stereocenters. The number of fused-ring (bicyclic) bond motifs is 3. The highest BCUT2D eigenvalue weighted by Gasteiger charge is 2.76. The van der Waals surface area contributed by atoms with Crippen LogP contribution in [0.5, 0.6) is 0 Å². The first kappa shape index (κ1) is 22.2. The summed E-state index contributed by atoms with van der Waals surface area (Å²) in [5, 5.41) is 21.9. The maximum absolute atomic E-state index is 11.5. The number of ether oxygens (including phenoxy) is 1. The second-order valence-electron chi connectivity index (χ2n) is 12.6. The quantitative estimate of drug-likeness (QED) is 0.430. The highest BCUT2D eigenvalue weighted by Crippen LogP contribution is 2.72. The van der Waals surface area contributed by atoms with Crippen LogP contribution >= 0.6 is 0 Å². The van der Waals surface area contributed by atoms with Crippen LogP contribution in [0.3, 0.4) is 0 Å². The van der Waals surface area contributed by atoms with Gasteiger partial charge in [-0.2, -0.15) is 0 Å². The maximum Gasteiger partial charge on any atom is 0.118 e. The van der Waals surface area contributed by atoms with Crippen LogP contribution in [0.1, 0.15) is 92.4 Å². The summed E-state index contributed by atoms with van der Waals surface area (Å²) in [4.78, 5) is 0. The first-order valence-electron chi connectivity index (χ1n) is 13.0. The fraction of sp³-hybridized carbons (Fsp3) is 0.857. The molecule has 0 aromatic heterocycles. The number of aliphatic hydroxyl groups excluding tert-OH is 2. The summed E-state index contributed by atoms with van der Waals surface area (Å²) in [5.41, 5.74) is 4.26. The van der Waals surface area contributed by atoms with Crippen molar-refractivity contribution in [3.8, 4) is 0 Å². The van der Waals surface area contributed by atoms with Gasteiger partial charge in [0.2, 0.25) is 0 Å². The van der Waals surface area contributed by atoms with Crippen LogP contribution in [-0.2, 0) is 4.74 Å². The summed E-state index contributed by atoms with van der Waals surface area (Å²) in [6, 6.07) is 0. The van der Waals surface area contributed by atoms with E-state index in [2.05, 4.69) is 41.2 Å². The SMILES string of the molecule is C=C(CC[C@@H](C)[C@H]1CCC2C3=C(CC[C@@]21C)[C@@]1(C)CC[C@H](O)C[C@@]12O[C@H]2[C@H]3O)C(C)C. The van der Waals surface area contributed by atoms with Gasteiger partial charge in [0.1, 0.15) is 17.8 Å². The lowest BCUT2D eigenvalue weighted by Crippen LogP contribution is -2.55. The molecule has 0 aromatic carbocycles. The Morgan fingerprint density at radius 2 is 1.87 bits per heavy atom. The Bertz CT molecular complexity index is 798. The number of hydrogen-bond donors (Lipinski definition) is 2. The van der Waals surface area contributed by atoms with Gasteiger partial charge in [-0.25, -0.2) is 0 Å². The number of epoxide rings is 1. The summed E-state index contributed by atoms with van der Waals surface area (Å²) in [6.07, 6.45) is 8.94. The predicted octanol–water partition coefficient (Wildman–Crippen LogP) is 5.80. The summed E-state index contributed by atoms with van der Waals surface area (Å²) < 4.78 is 6.33. The molecule has 0 radical (unpaired) electrons. The molecule has 4 aliphatic carbocycles. The van der Waals surface area contributed by atoms with E-state index in [0.717, 1.165) is 31.6 Å². The predicted molar refractivity (Wildman–Crippen MR) is 125 cm³/mol. The van der Waals surface area contributed by atoms with Gasteiger partial charge in [-0.15, -0.1) is 0 Å². The minimum absolute atomic E-state index is 0.00545. The second-order valence-corrected chi connectivity index (χ2v) is 12.6. The Labute approximate surface area is 189 Å². The van der Waals surface area contributed by atoms with Gasteiger partial charge in [0.25, 0.3) is 0 Å². The smallest absolute Gasteiger partial charge is 0.118 e. The van der Waals surface area contributed by atoms with Gasteiger partial charge in [0.05, 0.1) is 6.10 Å². The van der Waals surface area contributed by atoms with Crippen molar-refractivity contribution < 1.29 is 14.9 Å². The zero-order chi connectivity index (χ0) is 22.3. The van der Waals surface area contributed by atoms with Crippen LogP contribution in [-0.4, -0.2) is 34.1 Å². The van der Waals surface area contributed by atoms with Crippen molar-refractivity contribution in [3.63, 3.8) is 0 Å². The van der Waals surface area contributed by atoms with Crippen LogP contribution in [0.4, 0.5) is 0 Å². The summed E-state index contributed by atoms with van der Waals surface area (Å²) >= 11 is 0. The molecule has 31 heavy (non-hydrogen) atoms. The Kier molecular flexibility index (Phi) is 5.13. The zero-order valence-corrected chi connectivity index (χ0v) is 20.4. The zero-order valence-electron chi connectivity index (χ0n) is 20.4. The molecule has 3 nitrogen and oxygen atoms in total. The third-order valence-electron chi connectivity index (χ3n) is 10.9. The molecule has 1 saturated heterocycles. The average Bonchev–Trinajstić information content (AvgIpc) is 3.34. The minimum Gasteiger partial charge on any atom is -0.393 e. The van der Waals surface area contributed by atoms with Crippen LogP contribution in [0.25, 0.3) is 0 Å². The van der Waals surface area contributed by atoms with Crippen LogP contribution < -0.4 is 0 Å². The summed E-state index contributed by atoms with van der Waals surface area (Å²) in [6.45, 7) is 16.2. The number of hydrogen-bond acceptors (Lipinski definition) is 3. The third-order valence-corrected chi connectivity index (χ3v) is 10.9. The third kappa shape index (κ3) is 2.95. The van der Waals surface area contributed by atoms with Gasteiger partial charge in [-0.1, -0.05) is 52.3 Å². The summed E-state index contributed by atoms with van der Waals surface area (Å²) in [7, 11) is 0. The van der Waals surface area contributed by atoms with Crippen LogP contribution in [0.2, 0.25) is 0 Å². The van der Waals surface area contributed by atoms with E-state index < -0.39 is 6.10 Å². The molecule has 0 aromatic rings. The molecule has 0 bridgehead atoms. The van der Waals surface area contributed by atoms with E-state index in [1.54, 1.807) is 0 Å². The average molecular weight is 429 g/mol. The lowest BCUT2D eigenvalue weighted by Gasteiger charge is -2.54. The van der Waals surface area contributed by atoms with Crippen molar-refractivity contribution in [2.45, 2.75) is 116 Å². The van der Waals surface area contributed by atoms with Gasteiger partial charge in [-0.05, 0) is 86.0 Å². The molecule has 0 amide bonds. The fourth-order valence-corrected chi connectivity index (χ4v) is 8.73. The van der Waals surface area contributed by atoms with Crippen molar-refractivity contribution in [3.05, 3.63) is 23.3 Å². The molecule has 1 aliphatic heterocycles. The lowest BCUT2D eigenvalue weighted by molar-refractivity contribution is -0.00152. The molecule has 3 heteroatoms. The lowest BCUT2D eigenvalue weighted by atomic mass is 9.49. The number of aliphatic hydroxyl groups is 2. The maximum atomic E-state index is 11.5. The second kappa shape index (κ2) is 7.18. The van der Waals surface area contributed by atoms with Gasteiger partial charge >= 0.3 is 0 Å². The van der Waals surface area contributed by atoms with E-state index in [-0.39, 0.29) is 28.6 Å². The monoisotopic (exact) mass is 428 g/mol. The molecule has 2 N–H and O–H groups in total. The van der Waals surface area contributed by atoms with E-state index in [9.17, 15) is 10.2 Å². The van der Waals surface area contributed by atoms with Crippen molar-refractivity contribution in [2.75, 3.05) is 0 Å². The minimum atomic E-state index is -0.465. The number of rotatable bonds is 5. The molecule has 5 rings (SSSR count). The normalized spacial score (nSPS) is 49.2. The van der Waals surface area contributed by atoms with E-state index in [4.69, 9.17) is 4.74 Å². The Balaban J connectivity index is 1.42. The summed E-state index contributed by atoms with van der Waals surface area (Å²) in [5.74, 6) is 2.50. The van der Waals surface area contributed by atoms with Crippen molar-refractivity contribution in [2.24, 2.45) is 34.5 Å². The van der Waals surface area contributed by atoms with E-state index in [0.29, 0.717) is 24.2 Å². The molecule has 1 unspecified atom stereocenters. The largest absolute Gasteiger partial charge is 0.393 e. The van der Waals surface area contributed by atoms with Crippen molar-refractivity contribution in [1.29, 1.82) is 0 Å². The Morgan fingerprint density at radius 3 is 2.58 bits per heavy atom. The molecule has 2 saturated carbocycles. The van der Waals surface area contributed by atoms with E-state index >= 15 is 0 Å². The Hall–Kier alpha value is -0.640.